The molecule has 8 heteroatoms. The molecule has 27 heavy (non-hydrogen) atoms. The van der Waals surface area contributed by atoms with Gasteiger partial charge in [0, 0.05) is 35.3 Å². The van der Waals surface area contributed by atoms with Crippen LogP contribution in [0.4, 0.5) is 24.5 Å². The molecule has 2 aromatic carbocycles. The zero-order valence-corrected chi connectivity index (χ0v) is 14.7. The van der Waals surface area contributed by atoms with E-state index in [0.717, 1.165) is 11.5 Å². The highest BCUT2D eigenvalue weighted by Gasteiger charge is 2.33. The summed E-state index contributed by atoms with van der Waals surface area (Å²) in [7, 11) is 0. The molecule has 0 atom stereocenters. The third kappa shape index (κ3) is 4.68. The molecule has 0 spiro atoms. The average molecular weight is 394 g/mol. The van der Waals surface area contributed by atoms with Gasteiger partial charge in [0.2, 0.25) is 5.91 Å². The van der Waals surface area contributed by atoms with Crippen molar-refractivity contribution >= 4 is 39.8 Å². The number of hydrogen-bond donors (Lipinski definition) is 2. The van der Waals surface area contributed by atoms with Gasteiger partial charge < -0.3 is 10.6 Å². The molecule has 0 saturated carbocycles. The molecule has 0 bridgehead atoms. The summed E-state index contributed by atoms with van der Waals surface area (Å²) in [6.45, 7) is 0.0364. The predicted molar refractivity (Wildman–Crippen MR) is 99.9 cm³/mol. The van der Waals surface area contributed by atoms with Crippen molar-refractivity contribution in [3.63, 3.8) is 0 Å². The smallest absolute Gasteiger partial charge is 0.384 e. The Labute approximate surface area is 158 Å². The van der Waals surface area contributed by atoms with Crippen molar-refractivity contribution < 1.29 is 18.0 Å². The fourth-order valence-corrected chi connectivity index (χ4v) is 2.81. The molecule has 1 aromatic heterocycles. The number of fused-ring (bicyclic) bond motifs is 1. The first-order chi connectivity index (χ1) is 12.8. The summed E-state index contributed by atoms with van der Waals surface area (Å²) >= 11 is 5.65. The average Bonchev–Trinajstić information content (AvgIpc) is 2.62. The van der Waals surface area contributed by atoms with Gasteiger partial charge in [-0.05, 0) is 30.3 Å². The number of anilines is 2. The fourth-order valence-electron chi connectivity index (χ4n) is 2.63. The third-order valence-electron chi connectivity index (χ3n) is 3.86. The first-order valence-corrected chi connectivity index (χ1v) is 8.46. The van der Waals surface area contributed by atoms with E-state index in [1.165, 1.54) is 12.1 Å². The van der Waals surface area contributed by atoms with E-state index in [2.05, 4.69) is 15.6 Å². The molecule has 0 saturated heterocycles. The third-order valence-corrected chi connectivity index (χ3v) is 4.10. The maximum absolute atomic E-state index is 13.1. The van der Waals surface area contributed by atoms with E-state index in [-0.39, 0.29) is 29.6 Å². The number of benzene rings is 2. The van der Waals surface area contributed by atoms with E-state index in [1.54, 1.807) is 24.4 Å². The Morgan fingerprint density at radius 1 is 1.07 bits per heavy atom. The number of carbonyl (C=O) groups excluding carboxylic acids is 1. The Kier molecular flexibility index (Phi) is 5.51. The van der Waals surface area contributed by atoms with Crippen molar-refractivity contribution in [1.29, 1.82) is 0 Å². The quantitative estimate of drug-likeness (QED) is 0.614. The van der Waals surface area contributed by atoms with Crippen molar-refractivity contribution in [2.75, 3.05) is 17.2 Å². The summed E-state index contributed by atoms with van der Waals surface area (Å²) in [5.41, 5.74) is 0.221. The zero-order chi connectivity index (χ0) is 19.4. The number of hydrogen-bond acceptors (Lipinski definition) is 3. The minimum Gasteiger partial charge on any atom is -0.384 e. The van der Waals surface area contributed by atoms with Crippen molar-refractivity contribution in [3.8, 4) is 0 Å². The minimum absolute atomic E-state index is 0.00549. The maximum Gasteiger partial charge on any atom is 0.418 e. The zero-order valence-electron chi connectivity index (χ0n) is 14.0. The van der Waals surface area contributed by atoms with Crippen LogP contribution < -0.4 is 10.6 Å². The molecule has 1 heterocycles. The lowest BCUT2D eigenvalue weighted by Gasteiger charge is -2.15. The second-order valence-corrected chi connectivity index (χ2v) is 6.23. The molecule has 4 nitrogen and oxygen atoms in total. The highest BCUT2D eigenvalue weighted by molar-refractivity contribution is 6.30. The number of alkyl halides is 3. The number of amides is 1. The monoisotopic (exact) mass is 393 g/mol. The van der Waals surface area contributed by atoms with Gasteiger partial charge in [0.15, 0.2) is 0 Å². The molecule has 0 aliphatic rings. The number of para-hydroxylation sites is 1. The second kappa shape index (κ2) is 7.84. The fraction of sp³-hybridized carbons (Fsp3) is 0.158. The van der Waals surface area contributed by atoms with Crippen LogP contribution in [0.1, 0.15) is 12.0 Å². The van der Waals surface area contributed by atoms with Gasteiger partial charge >= 0.3 is 6.18 Å². The van der Waals surface area contributed by atoms with Crippen LogP contribution in [-0.4, -0.2) is 17.4 Å². The number of halogens is 4. The lowest BCUT2D eigenvalue weighted by Crippen LogP contribution is -2.18. The highest BCUT2D eigenvalue weighted by atomic mass is 35.5. The van der Waals surface area contributed by atoms with E-state index >= 15 is 0 Å². The highest BCUT2D eigenvalue weighted by Crippen LogP contribution is 2.36. The van der Waals surface area contributed by atoms with E-state index in [9.17, 15) is 18.0 Å². The molecule has 3 aromatic rings. The molecule has 3 rings (SSSR count). The van der Waals surface area contributed by atoms with Crippen LogP contribution in [0, 0.1) is 0 Å². The van der Waals surface area contributed by atoms with Gasteiger partial charge in [-0.3, -0.25) is 9.78 Å². The first-order valence-electron chi connectivity index (χ1n) is 8.09. The summed E-state index contributed by atoms with van der Waals surface area (Å²) in [6.07, 6.45) is -2.92. The lowest BCUT2D eigenvalue weighted by molar-refractivity contribution is -0.137. The summed E-state index contributed by atoms with van der Waals surface area (Å²) in [5.74, 6) is -0.330. The Morgan fingerprint density at radius 2 is 1.85 bits per heavy atom. The number of rotatable bonds is 5. The molecule has 0 radical (unpaired) electrons. The number of carbonyl (C=O) groups is 1. The summed E-state index contributed by atoms with van der Waals surface area (Å²) < 4.78 is 39.2. The SMILES string of the molecule is O=C(CCNc1ccc(Cl)cc1C(F)(F)F)Nc1cccc2cccnc12. The second-order valence-electron chi connectivity index (χ2n) is 5.79. The maximum atomic E-state index is 13.1. The Morgan fingerprint density at radius 3 is 2.63 bits per heavy atom. The van der Waals surface area contributed by atoms with Gasteiger partial charge in [-0.2, -0.15) is 13.2 Å². The molecule has 0 fully saturated rings. The van der Waals surface area contributed by atoms with Crippen molar-refractivity contribution in [2.45, 2.75) is 12.6 Å². The molecule has 0 aliphatic carbocycles. The van der Waals surface area contributed by atoms with E-state index in [4.69, 9.17) is 11.6 Å². The Hall–Kier alpha value is -2.80. The van der Waals surface area contributed by atoms with E-state index < -0.39 is 11.7 Å². The van der Waals surface area contributed by atoms with Gasteiger partial charge in [-0.1, -0.05) is 29.8 Å². The number of aromatic nitrogens is 1. The summed E-state index contributed by atoms with van der Waals surface area (Å²) in [5, 5.41) is 6.26. The molecule has 140 valence electrons. The molecule has 1 amide bonds. The molecular weight excluding hydrogens is 379 g/mol. The Balaban J connectivity index is 1.64. The van der Waals surface area contributed by atoms with Crippen LogP contribution in [0.15, 0.2) is 54.7 Å². The van der Waals surface area contributed by atoms with Gasteiger partial charge in [0.05, 0.1) is 16.8 Å². The predicted octanol–water partition coefficient (Wildman–Crippen LogP) is 5.35. The van der Waals surface area contributed by atoms with E-state index in [0.29, 0.717) is 11.2 Å². The summed E-state index contributed by atoms with van der Waals surface area (Å²) in [4.78, 5) is 16.4. The number of pyridine rings is 1. The minimum atomic E-state index is -4.54. The van der Waals surface area contributed by atoms with Crippen molar-refractivity contribution in [2.24, 2.45) is 0 Å². The molecule has 0 unspecified atom stereocenters. The number of nitrogens with one attached hydrogen (secondary N) is 2. The summed E-state index contributed by atoms with van der Waals surface area (Å²) in [6, 6.07) is 12.5. The van der Waals surface area contributed by atoms with Gasteiger partial charge in [0.1, 0.15) is 0 Å². The normalized spacial score (nSPS) is 11.4. The molecular formula is C19H15ClF3N3O. The standard InChI is InChI=1S/C19H15ClF3N3O/c20-13-6-7-15(14(11-13)19(21,22)23)24-10-8-17(27)26-16-5-1-3-12-4-2-9-25-18(12)16/h1-7,9,11,24H,8,10H2,(H,26,27). The van der Waals surface area contributed by atoms with Gasteiger partial charge in [-0.25, -0.2) is 0 Å². The van der Waals surface area contributed by atoms with Crippen LogP contribution in [0.25, 0.3) is 10.9 Å². The van der Waals surface area contributed by atoms with Crippen LogP contribution in [-0.2, 0) is 11.0 Å². The van der Waals surface area contributed by atoms with Crippen LogP contribution in [0.3, 0.4) is 0 Å². The van der Waals surface area contributed by atoms with Crippen LogP contribution in [0.5, 0.6) is 0 Å². The largest absolute Gasteiger partial charge is 0.418 e. The van der Waals surface area contributed by atoms with Crippen molar-refractivity contribution in [3.05, 3.63) is 65.3 Å². The first kappa shape index (κ1) is 19.0. The Bertz CT molecular complexity index is 971. The lowest BCUT2D eigenvalue weighted by atomic mass is 10.1. The number of nitrogens with zero attached hydrogens (tertiary/aromatic N) is 1. The van der Waals surface area contributed by atoms with E-state index in [1.807, 2.05) is 12.1 Å². The van der Waals surface area contributed by atoms with Crippen molar-refractivity contribution in [1.82, 2.24) is 4.98 Å². The van der Waals surface area contributed by atoms with Gasteiger partial charge in [0.25, 0.3) is 0 Å². The van der Waals surface area contributed by atoms with Crippen LogP contribution >= 0.6 is 11.6 Å². The molecule has 2 N–H and O–H groups in total. The molecule has 0 aliphatic heterocycles. The van der Waals surface area contributed by atoms with Gasteiger partial charge in [-0.15, -0.1) is 0 Å². The topological polar surface area (TPSA) is 54.0 Å². The van der Waals surface area contributed by atoms with Crippen LogP contribution in [0.2, 0.25) is 5.02 Å².